The number of carbonyl (C=O) groups is 1. The first-order valence-electron chi connectivity index (χ1n) is 6.69. The van der Waals surface area contributed by atoms with Crippen LogP contribution in [0.25, 0.3) is 0 Å². The summed E-state index contributed by atoms with van der Waals surface area (Å²) >= 11 is 6.13. The summed E-state index contributed by atoms with van der Waals surface area (Å²) in [7, 11) is -0.996. The first kappa shape index (κ1) is 16.5. The summed E-state index contributed by atoms with van der Waals surface area (Å²) in [5.41, 5.74) is 2.42. The Balaban J connectivity index is 1.92. The average molecular weight is 337 g/mol. The van der Waals surface area contributed by atoms with Gasteiger partial charge in [0.1, 0.15) is 0 Å². The van der Waals surface area contributed by atoms with Gasteiger partial charge in [-0.1, -0.05) is 35.9 Å². The molecule has 0 aliphatic carbocycles. The molecule has 2 N–H and O–H groups in total. The van der Waals surface area contributed by atoms with Crippen LogP contribution in [0.2, 0.25) is 5.02 Å². The molecule has 0 saturated heterocycles. The predicted molar refractivity (Wildman–Crippen MR) is 90.8 cm³/mol. The molecule has 0 aliphatic rings. The van der Waals surface area contributed by atoms with Crippen LogP contribution in [-0.4, -0.2) is 16.5 Å². The van der Waals surface area contributed by atoms with Gasteiger partial charge in [-0.15, -0.1) is 0 Å². The van der Waals surface area contributed by atoms with Gasteiger partial charge in [0.05, 0.1) is 10.7 Å². The van der Waals surface area contributed by atoms with Crippen molar-refractivity contribution in [3.8, 4) is 0 Å². The number of nitrogens with one attached hydrogen (secondary N) is 2. The Morgan fingerprint density at radius 3 is 2.50 bits per heavy atom. The molecule has 1 atom stereocenters. The van der Waals surface area contributed by atoms with E-state index in [4.69, 9.17) is 11.6 Å². The van der Waals surface area contributed by atoms with Gasteiger partial charge >= 0.3 is 6.03 Å². The molecule has 2 rings (SSSR count). The van der Waals surface area contributed by atoms with E-state index in [1.165, 1.54) is 0 Å². The number of anilines is 1. The Morgan fingerprint density at radius 2 is 1.86 bits per heavy atom. The second-order valence-corrected chi connectivity index (χ2v) is 6.60. The third-order valence-electron chi connectivity index (χ3n) is 3.15. The smallest absolute Gasteiger partial charge is 0.319 e. The first-order valence-corrected chi connectivity index (χ1v) is 8.63. The average Bonchev–Trinajstić information content (AvgIpc) is 2.50. The minimum Gasteiger partial charge on any atom is -0.334 e. The fraction of sp³-hybridized carbons (Fsp3) is 0.188. The van der Waals surface area contributed by atoms with Gasteiger partial charge < -0.3 is 10.6 Å². The van der Waals surface area contributed by atoms with E-state index < -0.39 is 10.8 Å². The van der Waals surface area contributed by atoms with E-state index in [1.54, 1.807) is 24.5 Å². The molecule has 0 fully saturated rings. The lowest BCUT2D eigenvalue weighted by molar-refractivity contribution is 0.251. The zero-order chi connectivity index (χ0) is 16.1. The number of halogens is 1. The molecule has 0 aliphatic heterocycles. The minimum absolute atomic E-state index is 0.323. The Hall–Kier alpha value is -1.85. The largest absolute Gasteiger partial charge is 0.334 e. The molecule has 4 nitrogen and oxygen atoms in total. The normalized spacial score (nSPS) is 11.8. The van der Waals surface area contributed by atoms with E-state index in [0.29, 0.717) is 17.3 Å². The molecule has 0 saturated carbocycles. The zero-order valence-corrected chi connectivity index (χ0v) is 13.9. The molecule has 2 aromatic carbocycles. The van der Waals surface area contributed by atoms with E-state index in [9.17, 15) is 9.00 Å². The van der Waals surface area contributed by atoms with Crippen LogP contribution in [0.15, 0.2) is 47.4 Å². The maximum Gasteiger partial charge on any atom is 0.319 e. The summed E-state index contributed by atoms with van der Waals surface area (Å²) in [5.74, 6) is 0. The van der Waals surface area contributed by atoms with Crippen molar-refractivity contribution in [3.63, 3.8) is 0 Å². The highest BCUT2D eigenvalue weighted by Gasteiger charge is 2.07. The van der Waals surface area contributed by atoms with Gasteiger partial charge in [-0.05, 0) is 36.2 Å². The van der Waals surface area contributed by atoms with E-state index >= 15 is 0 Å². The van der Waals surface area contributed by atoms with Crippen LogP contribution in [0.1, 0.15) is 11.1 Å². The fourth-order valence-corrected chi connectivity index (χ4v) is 2.58. The van der Waals surface area contributed by atoms with Crippen LogP contribution in [0.3, 0.4) is 0 Å². The maximum absolute atomic E-state index is 11.9. The van der Waals surface area contributed by atoms with Gasteiger partial charge in [0, 0.05) is 28.5 Å². The highest BCUT2D eigenvalue weighted by atomic mass is 35.5. The first-order chi connectivity index (χ1) is 10.5. The number of hydrogen-bond acceptors (Lipinski definition) is 2. The number of benzene rings is 2. The van der Waals surface area contributed by atoms with Crippen LogP contribution in [0, 0.1) is 6.92 Å². The Bertz CT molecular complexity index is 702. The molecule has 0 heterocycles. The molecule has 116 valence electrons. The molecule has 0 aromatic heterocycles. The van der Waals surface area contributed by atoms with Crippen molar-refractivity contribution in [2.45, 2.75) is 18.4 Å². The number of amides is 2. The van der Waals surface area contributed by atoms with Crippen molar-refractivity contribution in [1.29, 1.82) is 0 Å². The van der Waals surface area contributed by atoms with Gasteiger partial charge in [-0.25, -0.2) is 4.79 Å². The van der Waals surface area contributed by atoms with Crippen LogP contribution in [-0.2, 0) is 17.3 Å². The molecule has 0 spiro atoms. The fourth-order valence-electron chi connectivity index (χ4n) is 1.89. The standard InChI is InChI=1S/C16H17ClN2O2S/c1-11-4-3-5-14(15(11)17)19-16(20)18-10-12-6-8-13(9-7-12)22(2)21/h3-9H,10H2,1-2H3,(H2,18,19,20)/t22-/m1/s1. The maximum atomic E-state index is 11.9. The van der Waals surface area contributed by atoms with E-state index in [1.807, 2.05) is 31.2 Å². The monoisotopic (exact) mass is 336 g/mol. The second-order valence-electron chi connectivity index (χ2n) is 4.84. The highest BCUT2D eigenvalue weighted by molar-refractivity contribution is 7.84. The van der Waals surface area contributed by atoms with Crippen molar-refractivity contribution >= 4 is 34.1 Å². The van der Waals surface area contributed by atoms with Crippen molar-refractivity contribution in [2.75, 3.05) is 11.6 Å². The topological polar surface area (TPSA) is 58.2 Å². The van der Waals surface area contributed by atoms with Gasteiger partial charge in [0.15, 0.2) is 0 Å². The SMILES string of the molecule is Cc1cccc(NC(=O)NCc2ccc([S@@](C)=O)cc2)c1Cl. The molecular weight excluding hydrogens is 320 g/mol. The third kappa shape index (κ3) is 4.32. The molecule has 2 aromatic rings. The highest BCUT2D eigenvalue weighted by Crippen LogP contribution is 2.24. The lowest BCUT2D eigenvalue weighted by Crippen LogP contribution is -2.28. The minimum atomic E-state index is -0.996. The Kier molecular flexibility index (Phi) is 5.57. The number of rotatable bonds is 4. The van der Waals surface area contributed by atoms with Gasteiger partial charge in [0.25, 0.3) is 0 Å². The molecular formula is C16H17ClN2O2S. The number of carbonyl (C=O) groups excluding carboxylic acids is 1. The van der Waals surface area contributed by atoms with Crippen molar-refractivity contribution in [3.05, 3.63) is 58.6 Å². The molecule has 2 amide bonds. The Labute approximate surface area is 137 Å². The van der Waals surface area contributed by atoms with E-state index in [-0.39, 0.29) is 6.03 Å². The van der Waals surface area contributed by atoms with Gasteiger partial charge in [0.2, 0.25) is 0 Å². The summed E-state index contributed by atoms with van der Waals surface area (Å²) in [6.45, 7) is 2.26. The molecule has 22 heavy (non-hydrogen) atoms. The molecule has 0 unspecified atom stereocenters. The predicted octanol–water partition coefficient (Wildman–Crippen LogP) is 3.71. The van der Waals surface area contributed by atoms with Crippen LogP contribution in [0.4, 0.5) is 10.5 Å². The summed E-state index contributed by atoms with van der Waals surface area (Å²) < 4.78 is 11.3. The van der Waals surface area contributed by atoms with Crippen LogP contribution in [0.5, 0.6) is 0 Å². The summed E-state index contributed by atoms with van der Waals surface area (Å²) in [6.07, 6.45) is 1.63. The van der Waals surface area contributed by atoms with Gasteiger partial charge in [-0.3, -0.25) is 4.21 Å². The number of hydrogen-bond donors (Lipinski definition) is 2. The van der Waals surface area contributed by atoms with Crippen molar-refractivity contribution < 1.29 is 9.00 Å². The van der Waals surface area contributed by atoms with E-state index in [0.717, 1.165) is 16.0 Å². The Morgan fingerprint density at radius 1 is 1.18 bits per heavy atom. The third-order valence-corrected chi connectivity index (χ3v) is 4.59. The summed E-state index contributed by atoms with van der Waals surface area (Å²) in [5, 5.41) is 6.01. The van der Waals surface area contributed by atoms with E-state index in [2.05, 4.69) is 10.6 Å². The van der Waals surface area contributed by atoms with Crippen molar-refractivity contribution in [2.24, 2.45) is 0 Å². The zero-order valence-electron chi connectivity index (χ0n) is 12.4. The summed E-state index contributed by atoms with van der Waals surface area (Å²) in [4.78, 5) is 12.7. The lowest BCUT2D eigenvalue weighted by Gasteiger charge is -2.10. The second kappa shape index (κ2) is 7.42. The molecule has 6 heteroatoms. The van der Waals surface area contributed by atoms with Crippen molar-refractivity contribution in [1.82, 2.24) is 5.32 Å². The van der Waals surface area contributed by atoms with Gasteiger partial charge in [-0.2, -0.15) is 0 Å². The van der Waals surface area contributed by atoms with Crippen LogP contribution < -0.4 is 10.6 Å². The molecule has 0 bridgehead atoms. The number of urea groups is 1. The molecule has 0 radical (unpaired) electrons. The van der Waals surface area contributed by atoms with Crippen LogP contribution >= 0.6 is 11.6 Å². The quantitative estimate of drug-likeness (QED) is 0.894. The lowest BCUT2D eigenvalue weighted by atomic mass is 10.2. The number of aryl methyl sites for hydroxylation is 1. The summed E-state index contributed by atoms with van der Waals surface area (Å²) in [6, 6.07) is 12.4.